The van der Waals surface area contributed by atoms with E-state index in [0.717, 1.165) is 89.9 Å². The van der Waals surface area contributed by atoms with E-state index in [0.29, 0.717) is 18.9 Å². The highest BCUT2D eigenvalue weighted by molar-refractivity contribution is 7.81. The zero-order valence-electron chi connectivity index (χ0n) is 29.4. The van der Waals surface area contributed by atoms with Crippen LogP contribution >= 0.6 is 12.6 Å². The normalized spacial score (nSPS) is 21.8. The van der Waals surface area contributed by atoms with Crippen molar-refractivity contribution in [1.82, 2.24) is 24.8 Å². The van der Waals surface area contributed by atoms with E-state index in [1.54, 1.807) is 0 Å². The molecule has 3 aliphatic rings. The highest BCUT2D eigenvalue weighted by Crippen LogP contribution is 2.33. The smallest absolute Gasteiger partial charge is 0.229 e. The number of piperidine rings is 1. The van der Waals surface area contributed by atoms with Crippen molar-refractivity contribution in [1.29, 1.82) is 0 Å². The molecule has 2 saturated heterocycles. The van der Waals surface area contributed by atoms with Gasteiger partial charge in [0.1, 0.15) is 11.2 Å². The van der Waals surface area contributed by atoms with Gasteiger partial charge in [-0.2, -0.15) is 12.6 Å². The lowest BCUT2D eigenvalue weighted by atomic mass is 9.94. The van der Waals surface area contributed by atoms with Crippen LogP contribution in [0, 0.1) is 5.92 Å². The number of hydrogen-bond donors (Lipinski definition) is 3. The van der Waals surface area contributed by atoms with Crippen LogP contribution in [-0.4, -0.2) is 73.8 Å². The minimum Gasteiger partial charge on any atom is -0.436 e. The Morgan fingerprint density at radius 2 is 1.88 bits per heavy atom. The quantitative estimate of drug-likeness (QED) is 0.158. The fraction of sp³-hybridized carbons (Fsp3) is 0.425. The van der Waals surface area contributed by atoms with Crippen molar-refractivity contribution < 1.29 is 14.0 Å². The van der Waals surface area contributed by atoms with Gasteiger partial charge in [-0.05, 0) is 74.4 Å². The second-order valence-corrected chi connectivity index (χ2v) is 14.4. The second-order valence-electron chi connectivity index (χ2n) is 13.9. The number of nitrogens with zero attached hydrogens (tertiary/aromatic N) is 5. The Morgan fingerprint density at radius 3 is 2.65 bits per heavy atom. The number of oxazole rings is 1. The number of imidazole rings is 1. The van der Waals surface area contributed by atoms with Gasteiger partial charge in [-0.3, -0.25) is 14.6 Å². The van der Waals surface area contributed by atoms with E-state index in [9.17, 15) is 9.59 Å². The number of fused-ring (bicyclic) bond motifs is 1. The summed E-state index contributed by atoms with van der Waals surface area (Å²) in [4.78, 5) is 47.7. The Hall–Kier alpha value is -4.48. The van der Waals surface area contributed by atoms with E-state index in [1.165, 1.54) is 0 Å². The second kappa shape index (κ2) is 15.4. The SMILES string of the molecule is CCC(=O)N1CCCC1c1ncc(C2C=c3nc(-c4ccc(C(CN)=NC(S)C5CCCN(C(=O)C(C)c6ccccc6)C5)cc4)oc3=CC2)[nH]1. The van der Waals surface area contributed by atoms with Crippen LogP contribution in [-0.2, 0) is 9.59 Å². The summed E-state index contributed by atoms with van der Waals surface area (Å²) in [6.07, 6.45) is 11.2. The van der Waals surface area contributed by atoms with E-state index in [-0.39, 0.29) is 47.5 Å². The van der Waals surface area contributed by atoms with Gasteiger partial charge in [-0.1, -0.05) is 49.4 Å². The van der Waals surface area contributed by atoms with E-state index in [2.05, 4.69) is 22.1 Å². The minimum absolute atomic E-state index is 0.0156. The number of H-pyrrole nitrogens is 1. The predicted octanol–water partition coefficient (Wildman–Crippen LogP) is 4.93. The van der Waals surface area contributed by atoms with Gasteiger partial charge in [-0.25, -0.2) is 9.97 Å². The third-order valence-corrected chi connectivity index (χ3v) is 11.1. The van der Waals surface area contributed by atoms with Crippen LogP contribution in [0.3, 0.4) is 0 Å². The lowest BCUT2D eigenvalue weighted by Crippen LogP contribution is -2.44. The van der Waals surface area contributed by atoms with E-state index in [1.807, 2.05) is 84.4 Å². The third kappa shape index (κ3) is 7.46. The molecule has 5 atom stereocenters. The molecule has 5 unspecified atom stereocenters. The molecule has 2 fully saturated rings. The Kier molecular flexibility index (Phi) is 10.6. The van der Waals surface area contributed by atoms with Gasteiger partial charge in [0.25, 0.3) is 0 Å². The first-order valence-corrected chi connectivity index (χ1v) is 18.8. The summed E-state index contributed by atoms with van der Waals surface area (Å²) in [6.45, 7) is 6.34. The summed E-state index contributed by atoms with van der Waals surface area (Å²) in [5.74, 6) is 1.78. The standard InChI is InChI=1S/C40H47N7O3S/c1-3-36(48)47-20-8-12-34(47)37-42-23-33(43-37)29-17-18-35-31(21-29)44-38(50-35)28-15-13-27(14-16-28)32(22-41)45-39(51)30-11-7-19-46(24-30)40(49)25(2)26-9-5-4-6-10-26/h4-6,9-10,13-16,18,21,23,25,29-30,34,39,51H,3,7-8,11-12,17,19-20,22,24,41H2,1-2H3,(H,42,43). The number of amides is 2. The van der Waals surface area contributed by atoms with Gasteiger partial charge < -0.3 is 24.9 Å². The highest BCUT2D eigenvalue weighted by atomic mass is 32.1. The van der Waals surface area contributed by atoms with E-state index >= 15 is 0 Å². The molecule has 11 heteroatoms. The van der Waals surface area contributed by atoms with Gasteiger partial charge in [-0.15, -0.1) is 0 Å². The first kappa shape index (κ1) is 34.9. The summed E-state index contributed by atoms with van der Waals surface area (Å²) in [7, 11) is 0. The fourth-order valence-corrected chi connectivity index (χ4v) is 8.01. The lowest BCUT2D eigenvalue weighted by molar-refractivity contribution is -0.134. The third-order valence-electron chi connectivity index (χ3n) is 10.6. The van der Waals surface area contributed by atoms with Crippen molar-refractivity contribution in [3.8, 4) is 11.5 Å². The number of aliphatic imine (C=N–C) groups is 1. The van der Waals surface area contributed by atoms with Crippen LogP contribution in [0.15, 0.2) is 70.2 Å². The van der Waals surface area contributed by atoms with Crippen molar-refractivity contribution in [2.24, 2.45) is 16.6 Å². The minimum atomic E-state index is -0.273. The molecule has 2 aromatic carbocycles. The maximum absolute atomic E-state index is 13.4. The molecular weight excluding hydrogens is 659 g/mol. The molecule has 0 radical (unpaired) electrons. The first-order valence-electron chi connectivity index (χ1n) is 18.3. The topological polar surface area (TPSA) is 134 Å². The van der Waals surface area contributed by atoms with Crippen LogP contribution in [0.2, 0.25) is 0 Å². The number of rotatable bonds is 10. The number of benzene rings is 2. The van der Waals surface area contributed by atoms with E-state index < -0.39 is 0 Å². The molecule has 10 nitrogen and oxygen atoms in total. The molecular formula is C40H47N7O3S. The Morgan fingerprint density at radius 1 is 1.10 bits per heavy atom. The zero-order valence-corrected chi connectivity index (χ0v) is 30.3. The van der Waals surface area contributed by atoms with Crippen molar-refractivity contribution in [3.05, 3.63) is 94.2 Å². The molecule has 4 aromatic rings. The van der Waals surface area contributed by atoms with Crippen molar-refractivity contribution in [2.75, 3.05) is 26.2 Å². The zero-order chi connectivity index (χ0) is 35.5. The average molecular weight is 706 g/mol. The molecule has 0 bridgehead atoms. The number of aromatic nitrogens is 3. The Labute approximate surface area is 304 Å². The highest BCUT2D eigenvalue weighted by Gasteiger charge is 2.32. The van der Waals surface area contributed by atoms with Gasteiger partial charge >= 0.3 is 0 Å². The van der Waals surface area contributed by atoms with Gasteiger partial charge in [0, 0.05) is 61.9 Å². The van der Waals surface area contributed by atoms with E-state index in [4.69, 9.17) is 32.8 Å². The number of carbonyl (C=O) groups excluding carboxylic acids is 2. The molecule has 0 saturated carbocycles. The number of aromatic amines is 1. The maximum atomic E-state index is 13.4. The average Bonchev–Trinajstić information content (AvgIpc) is 3.96. The number of hydrogen-bond acceptors (Lipinski definition) is 8. The number of carbonyl (C=O) groups is 2. The molecule has 2 aromatic heterocycles. The molecule has 1 aliphatic carbocycles. The lowest BCUT2D eigenvalue weighted by Gasteiger charge is -2.36. The van der Waals surface area contributed by atoms with Gasteiger partial charge in [0.15, 0.2) is 5.42 Å². The van der Waals surface area contributed by atoms with Crippen LogP contribution in [0.4, 0.5) is 0 Å². The first-order chi connectivity index (χ1) is 24.8. The monoisotopic (exact) mass is 705 g/mol. The Balaban J connectivity index is 1.02. The van der Waals surface area contributed by atoms with Crippen LogP contribution in [0.5, 0.6) is 0 Å². The molecule has 7 rings (SSSR count). The summed E-state index contributed by atoms with van der Waals surface area (Å²) in [5.41, 5.74) is 11.6. The van der Waals surface area contributed by atoms with Crippen molar-refractivity contribution in [3.63, 3.8) is 0 Å². The number of nitrogens with two attached hydrogens (primary N) is 1. The summed E-state index contributed by atoms with van der Waals surface area (Å²) in [5, 5.41) is 0.538. The fourth-order valence-electron chi connectivity index (χ4n) is 7.63. The predicted molar refractivity (Wildman–Crippen MR) is 203 cm³/mol. The molecule has 4 heterocycles. The summed E-state index contributed by atoms with van der Waals surface area (Å²) in [6, 6.07) is 17.9. The number of nitrogens with one attached hydrogen (secondary N) is 1. The molecule has 2 aliphatic heterocycles. The van der Waals surface area contributed by atoms with Crippen molar-refractivity contribution >= 4 is 42.3 Å². The van der Waals surface area contributed by atoms with Crippen molar-refractivity contribution in [2.45, 2.75) is 75.6 Å². The number of likely N-dealkylation sites (tertiary alicyclic amines) is 2. The molecule has 2 amide bonds. The van der Waals surface area contributed by atoms with Gasteiger partial charge in [0.05, 0.1) is 23.0 Å². The molecule has 51 heavy (non-hydrogen) atoms. The van der Waals surface area contributed by atoms with Crippen LogP contribution in [0.1, 0.15) is 92.9 Å². The van der Waals surface area contributed by atoms with Crippen LogP contribution < -0.4 is 16.5 Å². The Bertz CT molecular complexity index is 2000. The summed E-state index contributed by atoms with van der Waals surface area (Å²) < 4.78 is 6.19. The molecule has 266 valence electrons. The van der Waals surface area contributed by atoms with Gasteiger partial charge in [0.2, 0.25) is 17.7 Å². The molecule has 0 spiro atoms. The maximum Gasteiger partial charge on any atom is 0.229 e. The van der Waals surface area contributed by atoms with Crippen LogP contribution in [0.25, 0.3) is 23.6 Å². The largest absolute Gasteiger partial charge is 0.436 e. The molecule has 3 N–H and O–H groups in total. The number of thiol groups is 1. The summed E-state index contributed by atoms with van der Waals surface area (Å²) >= 11 is 4.90.